The van der Waals surface area contributed by atoms with E-state index in [1.54, 1.807) is 11.3 Å². The van der Waals surface area contributed by atoms with Crippen molar-refractivity contribution in [1.82, 2.24) is 15.1 Å². The lowest BCUT2D eigenvalue weighted by Gasteiger charge is -2.37. The number of carbonyl (C=O) groups is 1. The first-order valence-electron chi connectivity index (χ1n) is 7.58. The normalized spacial score (nSPS) is 18.6. The molecule has 0 radical (unpaired) electrons. The summed E-state index contributed by atoms with van der Waals surface area (Å²) in [5.74, 6) is 0.148. The van der Waals surface area contributed by atoms with Crippen molar-refractivity contribution in [3.8, 4) is 0 Å². The molecular formula is C15H24ClN3OS. The average Bonchev–Trinajstić information content (AvgIpc) is 2.90. The standard InChI is InChI=1S/C15H24ClN3OS/c1-3-6-17-15(20)12(2)19-9-7-18(8-10-19)11-13-4-5-14(16)21-13/h4-5,12H,3,6-11H2,1-2H3,(H,17,20). The second kappa shape index (κ2) is 8.13. The summed E-state index contributed by atoms with van der Waals surface area (Å²) in [6, 6.07) is 4.02. The summed E-state index contributed by atoms with van der Waals surface area (Å²) in [5.41, 5.74) is 0. The fourth-order valence-corrected chi connectivity index (χ4v) is 3.66. The number of halogens is 1. The molecular weight excluding hydrogens is 306 g/mol. The maximum absolute atomic E-state index is 12.0. The number of piperazine rings is 1. The summed E-state index contributed by atoms with van der Waals surface area (Å²) < 4.78 is 0.852. The lowest BCUT2D eigenvalue weighted by Crippen LogP contribution is -2.53. The Kier molecular flexibility index (Phi) is 6.48. The molecule has 6 heteroatoms. The molecule has 0 aromatic carbocycles. The molecule has 2 rings (SSSR count). The first-order valence-corrected chi connectivity index (χ1v) is 8.78. The molecule has 21 heavy (non-hydrogen) atoms. The van der Waals surface area contributed by atoms with Crippen LogP contribution in [0.3, 0.4) is 0 Å². The van der Waals surface area contributed by atoms with E-state index < -0.39 is 0 Å². The third-order valence-electron chi connectivity index (χ3n) is 3.89. The molecule has 0 spiro atoms. The zero-order chi connectivity index (χ0) is 15.2. The number of nitrogens with one attached hydrogen (secondary N) is 1. The average molecular weight is 330 g/mol. The van der Waals surface area contributed by atoms with Crippen LogP contribution < -0.4 is 5.32 Å². The Morgan fingerprint density at radius 3 is 2.67 bits per heavy atom. The van der Waals surface area contributed by atoms with Gasteiger partial charge in [0.1, 0.15) is 0 Å². The number of carbonyl (C=O) groups excluding carboxylic acids is 1. The van der Waals surface area contributed by atoms with Gasteiger partial charge in [-0.3, -0.25) is 14.6 Å². The minimum Gasteiger partial charge on any atom is -0.355 e. The van der Waals surface area contributed by atoms with Crippen LogP contribution in [0.15, 0.2) is 12.1 Å². The van der Waals surface area contributed by atoms with Crippen LogP contribution in [0, 0.1) is 0 Å². The molecule has 0 aliphatic carbocycles. The van der Waals surface area contributed by atoms with Crippen molar-refractivity contribution in [1.29, 1.82) is 0 Å². The van der Waals surface area contributed by atoms with Crippen LogP contribution >= 0.6 is 22.9 Å². The van der Waals surface area contributed by atoms with Crippen molar-refractivity contribution in [2.45, 2.75) is 32.9 Å². The van der Waals surface area contributed by atoms with Crippen molar-refractivity contribution >= 4 is 28.8 Å². The van der Waals surface area contributed by atoms with Crippen molar-refractivity contribution in [3.63, 3.8) is 0 Å². The van der Waals surface area contributed by atoms with Gasteiger partial charge in [-0.25, -0.2) is 0 Å². The summed E-state index contributed by atoms with van der Waals surface area (Å²) in [6.45, 7) is 9.69. The van der Waals surface area contributed by atoms with Gasteiger partial charge in [-0.05, 0) is 25.5 Å². The highest BCUT2D eigenvalue weighted by Crippen LogP contribution is 2.23. The maximum Gasteiger partial charge on any atom is 0.237 e. The van der Waals surface area contributed by atoms with Crippen molar-refractivity contribution in [2.75, 3.05) is 32.7 Å². The molecule has 4 nitrogen and oxygen atoms in total. The van der Waals surface area contributed by atoms with Gasteiger partial charge in [-0.15, -0.1) is 11.3 Å². The van der Waals surface area contributed by atoms with E-state index in [0.717, 1.165) is 50.0 Å². The smallest absolute Gasteiger partial charge is 0.237 e. The van der Waals surface area contributed by atoms with Crippen LogP contribution in [-0.2, 0) is 11.3 Å². The maximum atomic E-state index is 12.0. The highest BCUT2D eigenvalue weighted by atomic mass is 35.5. The second-order valence-corrected chi connectivity index (χ2v) is 7.28. The third kappa shape index (κ3) is 4.95. The molecule has 2 heterocycles. The molecule has 1 aromatic heterocycles. The SMILES string of the molecule is CCCNC(=O)C(C)N1CCN(Cc2ccc(Cl)s2)CC1. The number of hydrogen-bond donors (Lipinski definition) is 1. The third-order valence-corrected chi connectivity index (χ3v) is 5.11. The van der Waals surface area contributed by atoms with Crippen molar-refractivity contribution in [2.24, 2.45) is 0 Å². The minimum atomic E-state index is -0.0325. The largest absolute Gasteiger partial charge is 0.355 e. The first-order chi connectivity index (χ1) is 10.1. The fraction of sp³-hybridized carbons (Fsp3) is 0.667. The van der Waals surface area contributed by atoms with Gasteiger partial charge in [0.05, 0.1) is 10.4 Å². The number of nitrogens with zero attached hydrogens (tertiary/aromatic N) is 2. The van der Waals surface area contributed by atoms with E-state index in [-0.39, 0.29) is 11.9 Å². The van der Waals surface area contributed by atoms with Gasteiger partial charge in [0.25, 0.3) is 0 Å². The Morgan fingerprint density at radius 2 is 2.10 bits per heavy atom. The fourth-order valence-electron chi connectivity index (χ4n) is 2.53. The predicted molar refractivity (Wildman–Crippen MR) is 88.9 cm³/mol. The van der Waals surface area contributed by atoms with E-state index in [1.807, 2.05) is 13.0 Å². The molecule has 0 saturated carbocycles. The monoisotopic (exact) mass is 329 g/mol. The molecule has 0 bridgehead atoms. The van der Waals surface area contributed by atoms with Gasteiger partial charge in [-0.2, -0.15) is 0 Å². The van der Waals surface area contributed by atoms with Crippen LogP contribution in [0.4, 0.5) is 0 Å². The quantitative estimate of drug-likeness (QED) is 0.870. The Labute approximate surface area is 136 Å². The van der Waals surface area contributed by atoms with Gasteiger partial charge in [-0.1, -0.05) is 18.5 Å². The molecule has 1 N–H and O–H groups in total. The van der Waals surface area contributed by atoms with Crippen LogP contribution in [0.25, 0.3) is 0 Å². The van der Waals surface area contributed by atoms with Crippen molar-refractivity contribution in [3.05, 3.63) is 21.3 Å². The summed E-state index contributed by atoms with van der Waals surface area (Å²) in [5, 5.41) is 2.98. The van der Waals surface area contributed by atoms with Crippen LogP contribution in [0.5, 0.6) is 0 Å². The van der Waals surface area contributed by atoms with Crippen LogP contribution in [0.2, 0.25) is 4.34 Å². The van der Waals surface area contributed by atoms with Crippen LogP contribution in [-0.4, -0.2) is 54.5 Å². The number of thiophene rings is 1. The second-order valence-electron chi connectivity index (χ2n) is 5.48. The van der Waals surface area contributed by atoms with Gasteiger partial charge in [0.15, 0.2) is 0 Å². The molecule has 1 unspecified atom stereocenters. The topological polar surface area (TPSA) is 35.6 Å². The molecule has 118 valence electrons. The molecule has 1 amide bonds. The number of rotatable bonds is 6. The molecule has 1 aliphatic heterocycles. The zero-order valence-electron chi connectivity index (χ0n) is 12.8. The molecule has 1 aliphatic rings. The summed E-state index contributed by atoms with van der Waals surface area (Å²) in [6.07, 6.45) is 0.982. The molecule has 1 fully saturated rings. The van der Waals surface area contributed by atoms with Crippen molar-refractivity contribution < 1.29 is 4.79 Å². The van der Waals surface area contributed by atoms with Crippen LogP contribution in [0.1, 0.15) is 25.1 Å². The Morgan fingerprint density at radius 1 is 1.38 bits per heavy atom. The first kappa shape index (κ1) is 16.7. The van der Waals surface area contributed by atoms with Gasteiger partial charge < -0.3 is 5.32 Å². The number of amides is 1. The molecule has 1 saturated heterocycles. The summed E-state index contributed by atoms with van der Waals surface area (Å²) >= 11 is 7.62. The highest BCUT2D eigenvalue weighted by Gasteiger charge is 2.25. The van der Waals surface area contributed by atoms with E-state index in [1.165, 1.54) is 4.88 Å². The Hall–Kier alpha value is -0.620. The summed E-state index contributed by atoms with van der Waals surface area (Å²) in [7, 11) is 0. The molecule has 1 aromatic rings. The Bertz CT molecular complexity index is 458. The Balaban J connectivity index is 1.76. The van der Waals surface area contributed by atoms with E-state index >= 15 is 0 Å². The van der Waals surface area contributed by atoms with E-state index in [2.05, 4.69) is 28.1 Å². The highest BCUT2D eigenvalue weighted by molar-refractivity contribution is 7.16. The number of hydrogen-bond acceptors (Lipinski definition) is 4. The zero-order valence-corrected chi connectivity index (χ0v) is 14.3. The lowest BCUT2D eigenvalue weighted by atomic mass is 10.2. The minimum absolute atomic E-state index is 0.0325. The predicted octanol–water partition coefficient (Wildman–Crippen LogP) is 2.43. The van der Waals surface area contributed by atoms with Gasteiger partial charge in [0, 0.05) is 44.1 Å². The summed E-state index contributed by atoms with van der Waals surface area (Å²) in [4.78, 5) is 18.0. The van der Waals surface area contributed by atoms with Gasteiger partial charge in [0.2, 0.25) is 5.91 Å². The van der Waals surface area contributed by atoms with E-state index in [4.69, 9.17) is 11.6 Å². The lowest BCUT2D eigenvalue weighted by molar-refractivity contribution is -0.126. The van der Waals surface area contributed by atoms with E-state index in [0.29, 0.717) is 0 Å². The van der Waals surface area contributed by atoms with E-state index in [9.17, 15) is 4.79 Å². The molecule has 1 atom stereocenters. The van der Waals surface area contributed by atoms with Gasteiger partial charge >= 0.3 is 0 Å².